The maximum Gasteiger partial charge on any atom is 0.316 e. The van der Waals surface area contributed by atoms with E-state index in [4.69, 9.17) is 5.11 Å². The first kappa shape index (κ1) is 10.8. The lowest BCUT2D eigenvalue weighted by molar-refractivity contribution is -0.136. The van der Waals surface area contributed by atoms with Gasteiger partial charge in [0.1, 0.15) is 5.25 Å². The molecule has 0 amide bonds. The second kappa shape index (κ2) is 4.81. The van der Waals surface area contributed by atoms with Crippen molar-refractivity contribution in [1.29, 1.82) is 0 Å². The van der Waals surface area contributed by atoms with E-state index in [1.165, 1.54) is 6.92 Å². The quantitative estimate of drug-likeness (QED) is 0.829. The van der Waals surface area contributed by atoms with Crippen LogP contribution in [0.5, 0.6) is 0 Å². The summed E-state index contributed by atoms with van der Waals surface area (Å²) in [5.41, 5.74) is 0.533. The molecule has 0 spiro atoms. The SMILES string of the molecule is C[C@H](SC(=O)c1ccccc1)C(=O)O. The molecule has 74 valence electrons. The van der Waals surface area contributed by atoms with Gasteiger partial charge in [0, 0.05) is 5.56 Å². The number of carbonyl (C=O) groups is 2. The average Bonchev–Trinajstić information content (AvgIpc) is 2.19. The summed E-state index contributed by atoms with van der Waals surface area (Å²) in [6.07, 6.45) is 0. The van der Waals surface area contributed by atoms with Gasteiger partial charge in [-0.25, -0.2) is 0 Å². The van der Waals surface area contributed by atoms with E-state index in [9.17, 15) is 9.59 Å². The summed E-state index contributed by atoms with van der Waals surface area (Å²) in [5, 5.41) is 7.69. The summed E-state index contributed by atoms with van der Waals surface area (Å²) >= 11 is 0.822. The predicted molar refractivity (Wildman–Crippen MR) is 55.5 cm³/mol. The van der Waals surface area contributed by atoms with Crippen molar-refractivity contribution in [2.45, 2.75) is 12.2 Å². The Morgan fingerprint density at radius 3 is 2.36 bits per heavy atom. The molecule has 0 saturated carbocycles. The molecule has 0 bridgehead atoms. The Morgan fingerprint density at radius 1 is 1.29 bits per heavy atom. The minimum Gasteiger partial charge on any atom is -0.480 e. The molecule has 1 N–H and O–H groups in total. The highest BCUT2D eigenvalue weighted by Gasteiger charge is 2.17. The van der Waals surface area contributed by atoms with Crippen LogP contribution in [0.1, 0.15) is 17.3 Å². The smallest absolute Gasteiger partial charge is 0.316 e. The summed E-state index contributed by atoms with van der Waals surface area (Å²) in [6.45, 7) is 1.49. The molecule has 0 unspecified atom stereocenters. The lowest BCUT2D eigenvalue weighted by Gasteiger charge is -2.03. The minimum absolute atomic E-state index is 0.208. The van der Waals surface area contributed by atoms with E-state index in [2.05, 4.69) is 0 Å². The topological polar surface area (TPSA) is 54.4 Å². The Hall–Kier alpha value is -1.29. The maximum atomic E-state index is 11.5. The zero-order valence-electron chi connectivity index (χ0n) is 7.64. The average molecular weight is 210 g/mol. The zero-order chi connectivity index (χ0) is 10.6. The van der Waals surface area contributed by atoms with Crippen LogP contribution < -0.4 is 0 Å². The van der Waals surface area contributed by atoms with Crippen LogP contribution in [0.25, 0.3) is 0 Å². The molecular formula is C10H10O3S. The molecule has 0 saturated heterocycles. The molecule has 0 aliphatic heterocycles. The van der Waals surface area contributed by atoms with Crippen LogP contribution in [0, 0.1) is 0 Å². The lowest BCUT2D eigenvalue weighted by atomic mass is 10.2. The van der Waals surface area contributed by atoms with Crippen molar-refractivity contribution in [2.24, 2.45) is 0 Å². The van der Waals surface area contributed by atoms with E-state index >= 15 is 0 Å². The largest absolute Gasteiger partial charge is 0.480 e. The standard InChI is InChI=1S/C10H10O3S/c1-7(9(11)12)14-10(13)8-5-3-2-4-6-8/h2-7H,1H3,(H,11,12)/t7-/m0/s1. The lowest BCUT2D eigenvalue weighted by Crippen LogP contribution is -2.14. The third kappa shape index (κ3) is 2.88. The first-order valence-electron chi connectivity index (χ1n) is 4.10. The molecule has 0 aromatic heterocycles. The fraction of sp³-hybridized carbons (Fsp3) is 0.200. The van der Waals surface area contributed by atoms with Crippen molar-refractivity contribution >= 4 is 22.8 Å². The van der Waals surface area contributed by atoms with Crippen LogP contribution in [-0.4, -0.2) is 21.4 Å². The normalized spacial score (nSPS) is 12.1. The highest BCUT2D eigenvalue weighted by Crippen LogP contribution is 2.17. The molecule has 1 aromatic rings. The molecule has 0 radical (unpaired) electrons. The second-order valence-electron chi connectivity index (χ2n) is 2.75. The molecule has 0 heterocycles. The Bertz CT molecular complexity index is 334. The summed E-state index contributed by atoms with van der Waals surface area (Å²) in [4.78, 5) is 22.0. The molecule has 1 aromatic carbocycles. The first-order valence-corrected chi connectivity index (χ1v) is 4.98. The van der Waals surface area contributed by atoms with E-state index in [1.54, 1.807) is 24.3 Å². The number of thioether (sulfide) groups is 1. The molecule has 3 nitrogen and oxygen atoms in total. The van der Waals surface area contributed by atoms with Gasteiger partial charge in [-0.15, -0.1) is 0 Å². The van der Waals surface area contributed by atoms with E-state index in [0.29, 0.717) is 5.56 Å². The number of aliphatic carboxylic acids is 1. The third-order valence-corrected chi connectivity index (χ3v) is 2.65. The van der Waals surface area contributed by atoms with Gasteiger partial charge in [0.25, 0.3) is 0 Å². The van der Waals surface area contributed by atoms with Gasteiger partial charge in [0.05, 0.1) is 0 Å². The van der Waals surface area contributed by atoms with Crippen LogP contribution in [-0.2, 0) is 4.79 Å². The van der Waals surface area contributed by atoms with Crippen molar-refractivity contribution < 1.29 is 14.7 Å². The van der Waals surface area contributed by atoms with Crippen molar-refractivity contribution in [2.75, 3.05) is 0 Å². The number of hydrogen-bond donors (Lipinski definition) is 1. The molecule has 14 heavy (non-hydrogen) atoms. The predicted octanol–water partition coefficient (Wildman–Crippen LogP) is 2.03. The van der Waals surface area contributed by atoms with Crippen LogP contribution in [0.3, 0.4) is 0 Å². The summed E-state index contributed by atoms with van der Waals surface area (Å²) < 4.78 is 0. The van der Waals surface area contributed by atoms with Gasteiger partial charge in [-0.2, -0.15) is 0 Å². The number of benzene rings is 1. The number of rotatable bonds is 3. The van der Waals surface area contributed by atoms with Gasteiger partial charge in [-0.05, 0) is 6.92 Å². The van der Waals surface area contributed by atoms with Crippen LogP contribution in [0.4, 0.5) is 0 Å². The van der Waals surface area contributed by atoms with Gasteiger partial charge in [-0.1, -0.05) is 42.1 Å². The number of hydrogen-bond acceptors (Lipinski definition) is 3. The molecule has 0 fully saturated rings. The van der Waals surface area contributed by atoms with Crippen LogP contribution >= 0.6 is 11.8 Å². The molecule has 1 atom stereocenters. The Balaban J connectivity index is 2.64. The van der Waals surface area contributed by atoms with Crippen LogP contribution in [0.15, 0.2) is 30.3 Å². The summed E-state index contributed by atoms with van der Waals surface area (Å²) in [5.74, 6) is -0.973. The van der Waals surface area contributed by atoms with Crippen molar-refractivity contribution in [3.05, 3.63) is 35.9 Å². The van der Waals surface area contributed by atoms with Crippen molar-refractivity contribution in [3.8, 4) is 0 Å². The number of carboxylic acid groups (broad SMARTS) is 1. The maximum absolute atomic E-state index is 11.5. The summed E-state index contributed by atoms with van der Waals surface area (Å²) in [6, 6.07) is 8.65. The fourth-order valence-electron chi connectivity index (χ4n) is 0.853. The Labute approximate surface area is 86.1 Å². The van der Waals surface area contributed by atoms with Gasteiger partial charge < -0.3 is 5.11 Å². The van der Waals surface area contributed by atoms with Gasteiger partial charge in [0.15, 0.2) is 0 Å². The van der Waals surface area contributed by atoms with Crippen molar-refractivity contribution in [1.82, 2.24) is 0 Å². The number of carbonyl (C=O) groups excluding carboxylic acids is 1. The Morgan fingerprint density at radius 2 is 1.86 bits per heavy atom. The van der Waals surface area contributed by atoms with Crippen molar-refractivity contribution in [3.63, 3.8) is 0 Å². The number of carboxylic acids is 1. The highest BCUT2D eigenvalue weighted by atomic mass is 32.2. The Kier molecular flexibility index (Phi) is 3.71. The van der Waals surface area contributed by atoms with Gasteiger partial charge in [-0.3, -0.25) is 9.59 Å². The third-order valence-electron chi connectivity index (χ3n) is 1.64. The molecular weight excluding hydrogens is 200 g/mol. The van der Waals surface area contributed by atoms with Gasteiger partial charge >= 0.3 is 5.97 Å². The highest BCUT2D eigenvalue weighted by molar-refractivity contribution is 8.15. The van der Waals surface area contributed by atoms with E-state index in [1.807, 2.05) is 6.07 Å². The fourth-order valence-corrected chi connectivity index (χ4v) is 1.55. The second-order valence-corrected chi connectivity index (χ2v) is 4.07. The molecule has 4 heteroatoms. The van der Waals surface area contributed by atoms with E-state index < -0.39 is 11.2 Å². The van der Waals surface area contributed by atoms with Gasteiger partial charge in [0.2, 0.25) is 5.12 Å². The van der Waals surface area contributed by atoms with E-state index in [0.717, 1.165) is 11.8 Å². The molecule has 1 rings (SSSR count). The monoisotopic (exact) mass is 210 g/mol. The molecule has 0 aliphatic rings. The zero-order valence-corrected chi connectivity index (χ0v) is 8.45. The van der Waals surface area contributed by atoms with E-state index in [-0.39, 0.29) is 5.12 Å². The summed E-state index contributed by atoms with van der Waals surface area (Å²) in [7, 11) is 0. The molecule has 0 aliphatic carbocycles. The van der Waals surface area contributed by atoms with Crippen LogP contribution in [0.2, 0.25) is 0 Å². The first-order chi connectivity index (χ1) is 6.61. The minimum atomic E-state index is -0.973.